The zero-order chi connectivity index (χ0) is 18.8. The predicted octanol–water partition coefficient (Wildman–Crippen LogP) is 3.37. The van der Waals surface area contributed by atoms with Crippen LogP contribution >= 0.6 is 0 Å². The maximum Gasteiger partial charge on any atom is 0.339 e. The number of rotatable bonds is 5. The van der Waals surface area contributed by atoms with Crippen LogP contribution in [0.1, 0.15) is 18.5 Å². The van der Waals surface area contributed by atoms with Crippen molar-refractivity contribution < 1.29 is 18.3 Å². The maximum atomic E-state index is 13.3. The van der Waals surface area contributed by atoms with Crippen LogP contribution in [0.4, 0.5) is 10.4 Å². The molecule has 0 saturated heterocycles. The van der Waals surface area contributed by atoms with Gasteiger partial charge >= 0.3 is 12.0 Å². The minimum atomic E-state index is -0.845. The van der Waals surface area contributed by atoms with Gasteiger partial charge in [0.1, 0.15) is 5.82 Å². The molecule has 1 aliphatic heterocycles. The molecule has 0 fully saturated rings. The third-order valence-corrected chi connectivity index (χ3v) is 4.08. The van der Waals surface area contributed by atoms with E-state index in [2.05, 4.69) is 20.5 Å². The number of aromatic nitrogens is 2. The first-order chi connectivity index (χ1) is 13.1. The number of ether oxygens (including phenoxy) is 1. The molecular formula is C19H15FN4O3. The van der Waals surface area contributed by atoms with Crippen LogP contribution < -0.4 is 5.32 Å². The van der Waals surface area contributed by atoms with E-state index in [-0.39, 0.29) is 17.7 Å². The van der Waals surface area contributed by atoms with Gasteiger partial charge in [0.2, 0.25) is 5.89 Å². The molecule has 0 unspecified atom stereocenters. The number of benzene rings is 2. The third-order valence-electron chi connectivity index (χ3n) is 4.08. The minimum Gasteiger partial charge on any atom is -0.411 e. The molecule has 0 saturated carbocycles. The molecule has 0 aliphatic carbocycles. The summed E-state index contributed by atoms with van der Waals surface area (Å²) in [4.78, 5) is 16.4. The van der Waals surface area contributed by atoms with Crippen LogP contribution in [0.5, 0.6) is 0 Å². The minimum absolute atomic E-state index is 0.121. The summed E-state index contributed by atoms with van der Waals surface area (Å²) < 4.78 is 24.0. The van der Waals surface area contributed by atoms with E-state index in [1.165, 1.54) is 12.1 Å². The number of cyclic esters (lactones) is 1. The van der Waals surface area contributed by atoms with Crippen LogP contribution in [0, 0.1) is 5.82 Å². The molecule has 1 aliphatic rings. The summed E-state index contributed by atoms with van der Waals surface area (Å²) in [6.45, 7) is 1.60. The highest BCUT2D eigenvalue weighted by atomic mass is 19.1. The van der Waals surface area contributed by atoms with Gasteiger partial charge in [-0.3, -0.25) is 0 Å². The summed E-state index contributed by atoms with van der Waals surface area (Å²) in [6, 6.07) is 13.7. The first-order valence-corrected chi connectivity index (χ1v) is 8.27. The number of aliphatic imine (C=N–C) groups is 1. The van der Waals surface area contributed by atoms with Gasteiger partial charge in [-0.25, -0.2) is 14.2 Å². The molecule has 4 rings (SSSR count). The van der Waals surface area contributed by atoms with Crippen molar-refractivity contribution in [2.75, 3.05) is 5.32 Å². The first kappa shape index (κ1) is 16.9. The highest BCUT2D eigenvalue weighted by Crippen LogP contribution is 2.29. The van der Waals surface area contributed by atoms with E-state index < -0.39 is 18.1 Å². The van der Waals surface area contributed by atoms with Gasteiger partial charge in [0.15, 0.2) is 11.9 Å². The molecule has 7 nitrogen and oxygen atoms in total. The monoisotopic (exact) mass is 366 g/mol. The number of hydrogen-bond acceptors (Lipinski definition) is 7. The Kier molecular flexibility index (Phi) is 4.37. The van der Waals surface area contributed by atoms with Crippen molar-refractivity contribution in [2.45, 2.75) is 19.0 Å². The zero-order valence-corrected chi connectivity index (χ0v) is 14.3. The van der Waals surface area contributed by atoms with E-state index in [4.69, 9.17) is 9.15 Å². The lowest BCUT2D eigenvalue weighted by molar-refractivity contribution is -0.135. The van der Waals surface area contributed by atoms with Gasteiger partial charge in [-0.2, -0.15) is 0 Å². The van der Waals surface area contributed by atoms with Crippen LogP contribution in [-0.4, -0.2) is 28.1 Å². The van der Waals surface area contributed by atoms with Gasteiger partial charge in [0.25, 0.3) is 0 Å². The Hall–Kier alpha value is -3.55. The second-order valence-corrected chi connectivity index (χ2v) is 5.97. The molecular weight excluding hydrogens is 351 g/mol. The van der Waals surface area contributed by atoms with E-state index in [1.54, 1.807) is 19.1 Å². The maximum absolute atomic E-state index is 13.3. The molecule has 2 aromatic carbocycles. The molecule has 136 valence electrons. The Bertz CT molecular complexity index is 986. The second kappa shape index (κ2) is 6.99. The number of nitrogens with one attached hydrogen (secondary N) is 1. The fourth-order valence-electron chi connectivity index (χ4n) is 2.82. The standard InChI is InChI=1S/C19H15FN4O3/c1-11-21-16(18(25)26-11)15(12-7-9-14(20)10-8-12)22-19-24-23-17(27-19)13-5-3-2-4-6-13/h2-10,15-16H,1H3,(H,22,24)/t15-,16+/m1/s1. The summed E-state index contributed by atoms with van der Waals surface area (Å²) in [5.41, 5.74) is 1.40. The van der Waals surface area contributed by atoms with E-state index in [0.29, 0.717) is 11.5 Å². The molecule has 0 radical (unpaired) electrons. The van der Waals surface area contributed by atoms with Crippen LogP contribution in [0.15, 0.2) is 64.0 Å². The van der Waals surface area contributed by atoms with E-state index in [0.717, 1.165) is 5.56 Å². The molecule has 2 atom stereocenters. The normalized spacial score (nSPS) is 17.3. The average Bonchev–Trinajstić information content (AvgIpc) is 3.27. The molecule has 2 heterocycles. The SMILES string of the molecule is CC1=N[C@@H]([C@H](Nc2nnc(-c3ccccc3)o2)c2ccc(F)cc2)C(=O)O1. The number of hydrogen-bond donors (Lipinski definition) is 1. The average molecular weight is 366 g/mol. The molecule has 0 spiro atoms. The smallest absolute Gasteiger partial charge is 0.339 e. The van der Waals surface area contributed by atoms with Gasteiger partial charge in [-0.05, 0) is 29.8 Å². The second-order valence-electron chi connectivity index (χ2n) is 5.97. The summed E-state index contributed by atoms with van der Waals surface area (Å²) in [5.74, 6) is -0.272. The Morgan fingerprint density at radius 1 is 1.07 bits per heavy atom. The topological polar surface area (TPSA) is 89.6 Å². The highest BCUT2D eigenvalue weighted by Gasteiger charge is 2.36. The summed E-state index contributed by atoms with van der Waals surface area (Å²) in [5, 5.41) is 11.0. The largest absolute Gasteiger partial charge is 0.411 e. The van der Waals surface area contributed by atoms with Crippen molar-refractivity contribution in [3.8, 4) is 11.5 Å². The summed E-state index contributed by atoms with van der Waals surface area (Å²) in [7, 11) is 0. The van der Waals surface area contributed by atoms with Crippen LogP contribution in [0.2, 0.25) is 0 Å². The van der Waals surface area contributed by atoms with E-state index >= 15 is 0 Å². The Morgan fingerprint density at radius 2 is 1.81 bits per heavy atom. The van der Waals surface area contributed by atoms with Crippen molar-refractivity contribution in [3.05, 3.63) is 66.0 Å². The van der Waals surface area contributed by atoms with Crippen molar-refractivity contribution in [1.29, 1.82) is 0 Å². The van der Waals surface area contributed by atoms with Crippen molar-refractivity contribution >= 4 is 17.9 Å². The Balaban J connectivity index is 1.65. The lowest BCUT2D eigenvalue weighted by Gasteiger charge is -2.19. The number of anilines is 1. The zero-order valence-electron chi connectivity index (χ0n) is 14.3. The van der Waals surface area contributed by atoms with Gasteiger partial charge in [-0.1, -0.05) is 35.4 Å². The Labute approximate surface area is 153 Å². The number of halogens is 1. The molecule has 1 aromatic heterocycles. The van der Waals surface area contributed by atoms with E-state index in [9.17, 15) is 9.18 Å². The van der Waals surface area contributed by atoms with Gasteiger partial charge < -0.3 is 14.5 Å². The lowest BCUT2D eigenvalue weighted by atomic mass is 10.00. The molecule has 3 aromatic rings. The van der Waals surface area contributed by atoms with Crippen molar-refractivity contribution in [1.82, 2.24) is 10.2 Å². The Morgan fingerprint density at radius 3 is 2.48 bits per heavy atom. The number of carbonyl (C=O) groups excluding carboxylic acids is 1. The fraction of sp³-hybridized carbons (Fsp3) is 0.158. The van der Waals surface area contributed by atoms with Gasteiger partial charge in [-0.15, -0.1) is 5.10 Å². The summed E-state index contributed by atoms with van der Waals surface area (Å²) >= 11 is 0. The quantitative estimate of drug-likeness (QED) is 0.697. The van der Waals surface area contributed by atoms with E-state index in [1.807, 2.05) is 30.3 Å². The fourth-order valence-corrected chi connectivity index (χ4v) is 2.82. The third kappa shape index (κ3) is 3.55. The first-order valence-electron chi connectivity index (χ1n) is 8.27. The molecule has 27 heavy (non-hydrogen) atoms. The van der Waals surface area contributed by atoms with Crippen molar-refractivity contribution in [3.63, 3.8) is 0 Å². The molecule has 1 N–H and O–H groups in total. The van der Waals surface area contributed by atoms with Gasteiger partial charge in [0.05, 0.1) is 6.04 Å². The lowest BCUT2D eigenvalue weighted by Crippen LogP contribution is -2.29. The number of esters is 1. The number of nitrogens with zero attached hydrogens (tertiary/aromatic N) is 3. The molecule has 8 heteroatoms. The van der Waals surface area contributed by atoms with Crippen LogP contribution in [0.25, 0.3) is 11.5 Å². The molecule has 0 amide bonds. The predicted molar refractivity (Wildman–Crippen MR) is 95.5 cm³/mol. The highest BCUT2D eigenvalue weighted by molar-refractivity contribution is 5.96. The molecule has 0 bridgehead atoms. The van der Waals surface area contributed by atoms with Crippen LogP contribution in [0.3, 0.4) is 0 Å². The van der Waals surface area contributed by atoms with Crippen molar-refractivity contribution in [2.24, 2.45) is 4.99 Å². The summed E-state index contributed by atoms with van der Waals surface area (Å²) in [6.07, 6.45) is 0. The van der Waals surface area contributed by atoms with Gasteiger partial charge in [0, 0.05) is 12.5 Å². The number of carbonyl (C=O) groups is 1. The van der Waals surface area contributed by atoms with Crippen LogP contribution in [-0.2, 0) is 9.53 Å².